The summed E-state index contributed by atoms with van der Waals surface area (Å²) in [6.45, 7) is 1.83. The molecule has 0 aliphatic carbocycles. The van der Waals surface area contributed by atoms with Crippen LogP contribution in [-0.2, 0) is 16.0 Å². The number of hydrogen-bond acceptors (Lipinski definition) is 7. The van der Waals surface area contributed by atoms with Crippen LogP contribution < -0.4 is 17.0 Å². The van der Waals surface area contributed by atoms with Gasteiger partial charge in [-0.15, -0.1) is 0 Å². The van der Waals surface area contributed by atoms with E-state index in [1.54, 1.807) is 6.92 Å². The number of nitrogen functional groups attached to an aromatic ring is 1. The van der Waals surface area contributed by atoms with Crippen molar-refractivity contribution in [1.82, 2.24) is 10.6 Å². The van der Waals surface area contributed by atoms with Gasteiger partial charge < -0.3 is 15.0 Å². The number of ether oxygens (including phenoxy) is 1. The van der Waals surface area contributed by atoms with E-state index in [1.165, 1.54) is 0 Å². The number of nitrogens with one attached hydrogen (secondary N) is 1. The first-order valence-electron chi connectivity index (χ1n) is 4.50. The van der Waals surface area contributed by atoms with Crippen LogP contribution >= 0.6 is 0 Å². The summed E-state index contributed by atoms with van der Waals surface area (Å²) in [4.78, 5) is 22.5. The van der Waals surface area contributed by atoms with Gasteiger partial charge in [0.1, 0.15) is 11.3 Å². The molecule has 0 saturated carbocycles. The molecule has 0 spiro atoms. The highest BCUT2D eigenvalue weighted by molar-refractivity contribution is 5.96. The van der Waals surface area contributed by atoms with Crippen LogP contribution in [-0.4, -0.2) is 23.6 Å². The largest absolute Gasteiger partial charge is 0.462 e. The van der Waals surface area contributed by atoms with Gasteiger partial charge >= 0.3 is 5.97 Å². The molecule has 0 unspecified atom stereocenters. The van der Waals surface area contributed by atoms with Crippen LogP contribution in [0.25, 0.3) is 0 Å². The van der Waals surface area contributed by atoms with Crippen LogP contribution in [0.4, 0.5) is 5.88 Å². The van der Waals surface area contributed by atoms with Crippen LogP contribution in [0.2, 0.25) is 0 Å². The number of rotatable bonds is 4. The third-order valence-corrected chi connectivity index (χ3v) is 1.76. The van der Waals surface area contributed by atoms with Gasteiger partial charge in [-0.25, -0.2) is 10.6 Å². The standard InChI is InChI=1S/C8H12N4O4/c1-2-15-8(14)6-4(3-5(13)11-10)12-16-7(6)9/h2-3,9-10H2,1H3,(H,11,13). The van der Waals surface area contributed by atoms with Crippen LogP contribution in [0, 0.1) is 0 Å². The van der Waals surface area contributed by atoms with Crippen molar-refractivity contribution in [2.24, 2.45) is 5.84 Å². The SMILES string of the molecule is CCOC(=O)c1c(CC(=O)NN)noc1N. The molecule has 8 nitrogen and oxygen atoms in total. The Balaban J connectivity index is 2.93. The molecule has 1 heterocycles. The van der Waals surface area contributed by atoms with Gasteiger partial charge in [-0.2, -0.15) is 0 Å². The van der Waals surface area contributed by atoms with E-state index in [4.69, 9.17) is 16.3 Å². The average Bonchev–Trinajstić information content (AvgIpc) is 2.60. The number of nitrogens with zero attached hydrogens (tertiary/aromatic N) is 1. The van der Waals surface area contributed by atoms with E-state index < -0.39 is 11.9 Å². The lowest BCUT2D eigenvalue weighted by Crippen LogP contribution is -2.32. The van der Waals surface area contributed by atoms with Gasteiger partial charge in [-0.1, -0.05) is 5.16 Å². The molecule has 16 heavy (non-hydrogen) atoms. The number of nitrogens with two attached hydrogens (primary N) is 2. The van der Waals surface area contributed by atoms with Gasteiger partial charge in [-0.3, -0.25) is 10.2 Å². The quantitative estimate of drug-likeness (QED) is 0.259. The average molecular weight is 228 g/mol. The minimum atomic E-state index is -0.680. The predicted octanol–water partition coefficient (Wildman–Crippen LogP) is -1.03. The molecule has 1 aromatic heterocycles. The second kappa shape index (κ2) is 5.12. The number of esters is 1. The minimum Gasteiger partial charge on any atom is -0.462 e. The van der Waals surface area contributed by atoms with Gasteiger partial charge in [0.15, 0.2) is 0 Å². The Hall–Kier alpha value is -2.09. The molecule has 5 N–H and O–H groups in total. The molecule has 0 aliphatic rings. The summed E-state index contributed by atoms with van der Waals surface area (Å²) in [6, 6.07) is 0. The number of hydrogen-bond donors (Lipinski definition) is 3. The van der Waals surface area contributed by atoms with Gasteiger partial charge in [0.05, 0.1) is 13.0 Å². The van der Waals surface area contributed by atoms with Crippen molar-refractivity contribution in [3.8, 4) is 0 Å². The van der Waals surface area contributed by atoms with Crippen molar-refractivity contribution >= 4 is 17.8 Å². The normalized spacial score (nSPS) is 9.88. The molecule has 0 atom stereocenters. The second-order valence-corrected chi connectivity index (χ2v) is 2.83. The zero-order valence-corrected chi connectivity index (χ0v) is 8.65. The summed E-state index contributed by atoms with van der Waals surface area (Å²) >= 11 is 0. The van der Waals surface area contributed by atoms with Gasteiger partial charge in [0.2, 0.25) is 11.8 Å². The van der Waals surface area contributed by atoms with Gasteiger partial charge in [0, 0.05) is 0 Å². The van der Waals surface area contributed by atoms with E-state index in [0.717, 1.165) is 0 Å². The Labute approximate surface area is 90.9 Å². The van der Waals surface area contributed by atoms with Crippen molar-refractivity contribution in [2.45, 2.75) is 13.3 Å². The molecular formula is C8H12N4O4. The van der Waals surface area contributed by atoms with Crippen molar-refractivity contribution < 1.29 is 18.8 Å². The highest BCUT2D eigenvalue weighted by Crippen LogP contribution is 2.18. The number of aromatic nitrogens is 1. The van der Waals surface area contributed by atoms with E-state index in [0.29, 0.717) is 0 Å². The monoisotopic (exact) mass is 228 g/mol. The first-order chi connectivity index (χ1) is 7.60. The third-order valence-electron chi connectivity index (χ3n) is 1.76. The smallest absolute Gasteiger partial charge is 0.345 e. The van der Waals surface area contributed by atoms with E-state index in [1.807, 2.05) is 5.43 Å². The summed E-state index contributed by atoms with van der Waals surface area (Å²) in [5, 5.41) is 3.49. The number of amides is 1. The van der Waals surface area contributed by atoms with Crippen molar-refractivity contribution in [3.63, 3.8) is 0 Å². The van der Waals surface area contributed by atoms with E-state index in [-0.39, 0.29) is 30.2 Å². The maximum absolute atomic E-state index is 11.5. The summed E-state index contributed by atoms with van der Waals surface area (Å²) in [5.41, 5.74) is 7.36. The highest BCUT2D eigenvalue weighted by atomic mass is 16.5. The van der Waals surface area contributed by atoms with Crippen LogP contribution in [0.3, 0.4) is 0 Å². The van der Waals surface area contributed by atoms with Gasteiger partial charge in [0.25, 0.3) is 0 Å². The molecule has 0 saturated heterocycles. The lowest BCUT2D eigenvalue weighted by Gasteiger charge is -2.01. The van der Waals surface area contributed by atoms with E-state index in [2.05, 4.69) is 9.68 Å². The molecule has 1 aromatic rings. The summed E-state index contributed by atoms with van der Waals surface area (Å²) in [5.74, 6) is 3.53. The molecule has 8 heteroatoms. The van der Waals surface area contributed by atoms with Crippen molar-refractivity contribution in [2.75, 3.05) is 12.3 Å². The Morgan fingerprint density at radius 1 is 1.56 bits per heavy atom. The highest BCUT2D eigenvalue weighted by Gasteiger charge is 2.23. The van der Waals surface area contributed by atoms with Crippen LogP contribution in [0.15, 0.2) is 4.52 Å². The molecule has 1 amide bonds. The maximum Gasteiger partial charge on any atom is 0.345 e. The second-order valence-electron chi connectivity index (χ2n) is 2.83. The molecule has 1 rings (SSSR count). The third kappa shape index (κ3) is 2.48. The fraction of sp³-hybridized carbons (Fsp3) is 0.375. The molecule has 0 aliphatic heterocycles. The Bertz CT molecular complexity index is 401. The predicted molar refractivity (Wildman–Crippen MR) is 52.9 cm³/mol. The van der Waals surface area contributed by atoms with E-state index in [9.17, 15) is 9.59 Å². The van der Waals surface area contributed by atoms with Gasteiger partial charge in [-0.05, 0) is 6.92 Å². The Kier molecular flexibility index (Phi) is 3.84. The molecule has 0 aromatic carbocycles. The fourth-order valence-corrected chi connectivity index (χ4v) is 1.08. The maximum atomic E-state index is 11.5. The fourth-order valence-electron chi connectivity index (χ4n) is 1.08. The lowest BCUT2D eigenvalue weighted by atomic mass is 10.2. The minimum absolute atomic E-state index is 0.0366. The molecule has 0 fully saturated rings. The number of hydrazine groups is 1. The van der Waals surface area contributed by atoms with Crippen LogP contribution in [0.1, 0.15) is 23.0 Å². The van der Waals surface area contributed by atoms with Crippen molar-refractivity contribution in [1.29, 1.82) is 0 Å². The lowest BCUT2D eigenvalue weighted by molar-refractivity contribution is -0.120. The Morgan fingerprint density at radius 2 is 2.25 bits per heavy atom. The zero-order chi connectivity index (χ0) is 12.1. The summed E-state index contributed by atoms with van der Waals surface area (Å²) in [6.07, 6.45) is -0.203. The summed E-state index contributed by atoms with van der Waals surface area (Å²) in [7, 11) is 0. The number of carbonyl (C=O) groups excluding carboxylic acids is 2. The topological polar surface area (TPSA) is 133 Å². The first kappa shape index (κ1) is 12.0. The number of carbonyl (C=O) groups is 2. The number of anilines is 1. The van der Waals surface area contributed by atoms with Crippen LogP contribution in [0.5, 0.6) is 0 Å². The van der Waals surface area contributed by atoms with E-state index >= 15 is 0 Å². The molecule has 88 valence electrons. The zero-order valence-electron chi connectivity index (χ0n) is 8.65. The molecular weight excluding hydrogens is 216 g/mol. The molecule has 0 bridgehead atoms. The Morgan fingerprint density at radius 3 is 2.81 bits per heavy atom. The molecule has 0 radical (unpaired) electrons. The first-order valence-corrected chi connectivity index (χ1v) is 4.50. The summed E-state index contributed by atoms with van der Waals surface area (Å²) < 4.78 is 9.36. The van der Waals surface area contributed by atoms with Crippen molar-refractivity contribution in [3.05, 3.63) is 11.3 Å².